The van der Waals surface area contributed by atoms with Crippen LogP contribution < -0.4 is 10.6 Å². The standard InChI is InChI=1S/C13H22N4O/c1-3-14-13-16-10(2)8-12(17-13)15-9-11-6-4-5-7-18-11/h8,11H,3-7,9H2,1-2H3,(H2,14,15,16,17). The Morgan fingerprint density at radius 1 is 1.33 bits per heavy atom. The van der Waals surface area contributed by atoms with Gasteiger partial charge in [-0.15, -0.1) is 0 Å². The van der Waals surface area contributed by atoms with Crippen LogP contribution in [0, 0.1) is 6.92 Å². The van der Waals surface area contributed by atoms with Gasteiger partial charge in [-0.2, -0.15) is 4.98 Å². The second kappa shape index (κ2) is 6.54. The highest BCUT2D eigenvalue weighted by molar-refractivity contribution is 5.42. The van der Waals surface area contributed by atoms with E-state index in [-0.39, 0.29) is 0 Å². The molecule has 1 fully saturated rings. The number of aromatic nitrogens is 2. The van der Waals surface area contributed by atoms with E-state index in [1.165, 1.54) is 12.8 Å². The minimum Gasteiger partial charge on any atom is -0.376 e. The normalized spacial score (nSPS) is 19.6. The summed E-state index contributed by atoms with van der Waals surface area (Å²) in [6, 6.07) is 1.96. The van der Waals surface area contributed by atoms with Gasteiger partial charge in [0.25, 0.3) is 0 Å². The molecule has 0 spiro atoms. The van der Waals surface area contributed by atoms with Crippen LogP contribution in [0.1, 0.15) is 31.9 Å². The van der Waals surface area contributed by atoms with E-state index < -0.39 is 0 Å². The lowest BCUT2D eigenvalue weighted by Gasteiger charge is -2.23. The molecular formula is C13H22N4O. The molecule has 0 bridgehead atoms. The molecule has 1 atom stereocenters. The van der Waals surface area contributed by atoms with Crippen molar-refractivity contribution >= 4 is 11.8 Å². The summed E-state index contributed by atoms with van der Waals surface area (Å²) >= 11 is 0. The maximum Gasteiger partial charge on any atom is 0.224 e. The fraction of sp³-hybridized carbons (Fsp3) is 0.692. The molecule has 0 saturated carbocycles. The fourth-order valence-corrected chi connectivity index (χ4v) is 2.08. The second-order valence-corrected chi connectivity index (χ2v) is 4.62. The molecule has 18 heavy (non-hydrogen) atoms. The van der Waals surface area contributed by atoms with Crippen LogP contribution in [0.5, 0.6) is 0 Å². The largest absolute Gasteiger partial charge is 0.376 e. The van der Waals surface area contributed by atoms with Crippen molar-refractivity contribution in [2.24, 2.45) is 0 Å². The minimum absolute atomic E-state index is 0.316. The van der Waals surface area contributed by atoms with Crippen molar-refractivity contribution in [3.8, 4) is 0 Å². The van der Waals surface area contributed by atoms with Crippen LogP contribution >= 0.6 is 0 Å². The highest BCUT2D eigenvalue weighted by atomic mass is 16.5. The van der Waals surface area contributed by atoms with Crippen molar-refractivity contribution in [2.45, 2.75) is 39.2 Å². The number of hydrogen-bond donors (Lipinski definition) is 2. The van der Waals surface area contributed by atoms with Crippen LogP contribution in [-0.4, -0.2) is 35.8 Å². The molecule has 0 radical (unpaired) electrons. The number of anilines is 2. The van der Waals surface area contributed by atoms with Gasteiger partial charge in [-0.05, 0) is 33.1 Å². The molecule has 100 valence electrons. The van der Waals surface area contributed by atoms with Crippen LogP contribution in [0.2, 0.25) is 0 Å². The number of nitrogens with one attached hydrogen (secondary N) is 2. The molecule has 0 aromatic carbocycles. The number of nitrogens with zero attached hydrogens (tertiary/aromatic N) is 2. The quantitative estimate of drug-likeness (QED) is 0.839. The number of hydrogen-bond acceptors (Lipinski definition) is 5. The van der Waals surface area contributed by atoms with Crippen LogP contribution in [0.25, 0.3) is 0 Å². The first-order valence-electron chi connectivity index (χ1n) is 6.73. The first kappa shape index (κ1) is 13.1. The van der Waals surface area contributed by atoms with Crippen LogP contribution in [-0.2, 0) is 4.74 Å². The Hall–Kier alpha value is -1.36. The third-order valence-electron chi connectivity index (χ3n) is 2.97. The van der Waals surface area contributed by atoms with Gasteiger partial charge in [0, 0.05) is 31.5 Å². The Balaban J connectivity index is 1.91. The Bertz CT molecular complexity index is 377. The van der Waals surface area contributed by atoms with E-state index in [1.807, 2.05) is 19.9 Å². The van der Waals surface area contributed by atoms with Gasteiger partial charge in [0.05, 0.1) is 6.10 Å². The second-order valence-electron chi connectivity index (χ2n) is 4.62. The lowest BCUT2D eigenvalue weighted by Crippen LogP contribution is -2.27. The van der Waals surface area contributed by atoms with Crippen molar-refractivity contribution in [2.75, 3.05) is 30.3 Å². The Labute approximate surface area is 108 Å². The maximum absolute atomic E-state index is 5.69. The average molecular weight is 250 g/mol. The SMILES string of the molecule is CCNc1nc(C)cc(NCC2CCCCO2)n1. The van der Waals surface area contributed by atoms with Gasteiger partial charge in [-0.1, -0.05) is 0 Å². The van der Waals surface area contributed by atoms with Crippen molar-refractivity contribution in [3.05, 3.63) is 11.8 Å². The molecule has 2 heterocycles. The number of rotatable bonds is 5. The summed E-state index contributed by atoms with van der Waals surface area (Å²) in [6.45, 7) is 6.55. The maximum atomic E-state index is 5.69. The van der Waals surface area contributed by atoms with Gasteiger partial charge in [0.15, 0.2) is 0 Å². The molecule has 5 heteroatoms. The van der Waals surface area contributed by atoms with E-state index in [0.29, 0.717) is 12.1 Å². The molecule has 1 aliphatic heterocycles. The monoisotopic (exact) mass is 250 g/mol. The summed E-state index contributed by atoms with van der Waals surface area (Å²) in [6.07, 6.45) is 3.90. The van der Waals surface area contributed by atoms with Crippen LogP contribution in [0.3, 0.4) is 0 Å². The summed E-state index contributed by atoms with van der Waals surface area (Å²) < 4.78 is 5.69. The molecule has 1 saturated heterocycles. The van der Waals surface area contributed by atoms with Crippen molar-refractivity contribution in [1.29, 1.82) is 0 Å². The lowest BCUT2D eigenvalue weighted by molar-refractivity contribution is 0.0247. The molecule has 1 unspecified atom stereocenters. The van der Waals surface area contributed by atoms with Gasteiger partial charge in [-0.3, -0.25) is 0 Å². The van der Waals surface area contributed by atoms with Crippen molar-refractivity contribution < 1.29 is 4.74 Å². The molecule has 1 aromatic rings. The Morgan fingerprint density at radius 2 is 2.22 bits per heavy atom. The summed E-state index contributed by atoms with van der Waals surface area (Å²) in [5.74, 6) is 1.55. The zero-order valence-electron chi connectivity index (χ0n) is 11.2. The zero-order chi connectivity index (χ0) is 12.8. The molecule has 0 aliphatic carbocycles. The zero-order valence-corrected chi connectivity index (χ0v) is 11.2. The molecule has 2 N–H and O–H groups in total. The third-order valence-corrected chi connectivity index (χ3v) is 2.97. The van der Waals surface area contributed by atoms with E-state index in [0.717, 1.165) is 37.6 Å². The van der Waals surface area contributed by atoms with Gasteiger partial charge in [0.1, 0.15) is 5.82 Å². The van der Waals surface area contributed by atoms with Gasteiger partial charge < -0.3 is 15.4 Å². The molecule has 0 amide bonds. The van der Waals surface area contributed by atoms with Crippen molar-refractivity contribution in [1.82, 2.24) is 9.97 Å². The average Bonchev–Trinajstić information content (AvgIpc) is 2.37. The first-order valence-corrected chi connectivity index (χ1v) is 6.73. The van der Waals surface area contributed by atoms with E-state index in [2.05, 4.69) is 20.6 Å². The molecule has 1 aliphatic rings. The van der Waals surface area contributed by atoms with Crippen LogP contribution in [0.4, 0.5) is 11.8 Å². The smallest absolute Gasteiger partial charge is 0.224 e. The minimum atomic E-state index is 0.316. The Kier molecular flexibility index (Phi) is 4.75. The van der Waals surface area contributed by atoms with E-state index in [9.17, 15) is 0 Å². The first-order chi connectivity index (χ1) is 8.78. The van der Waals surface area contributed by atoms with E-state index in [4.69, 9.17) is 4.74 Å². The summed E-state index contributed by atoms with van der Waals surface area (Å²) in [5.41, 5.74) is 0.966. The Morgan fingerprint density at radius 3 is 2.94 bits per heavy atom. The van der Waals surface area contributed by atoms with Gasteiger partial charge >= 0.3 is 0 Å². The number of aryl methyl sites for hydroxylation is 1. The van der Waals surface area contributed by atoms with E-state index >= 15 is 0 Å². The molecule has 1 aromatic heterocycles. The topological polar surface area (TPSA) is 59.1 Å². The molecule has 5 nitrogen and oxygen atoms in total. The van der Waals surface area contributed by atoms with Gasteiger partial charge in [-0.25, -0.2) is 4.98 Å². The molecule has 2 rings (SSSR count). The fourth-order valence-electron chi connectivity index (χ4n) is 2.08. The predicted octanol–water partition coefficient (Wildman–Crippen LogP) is 2.20. The van der Waals surface area contributed by atoms with Gasteiger partial charge in [0.2, 0.25) is 5.95 Å². The summed E-state index contributed by atoms with van der Waals surface area (Å²) in [4.78, 5) is 8.74. The number of ether oxygens (including phenoxy) is 1. The highest BCUT2D eigenvalue weighted by Crippen LogP contribution is 2.14. The van der Waals surface area contributed by atoms with Crippen LogP contribution in [0.15, 0.2) is 6.07 Å². The molecular weight excluding hydrogens is 228 g/mol. The summed E-state index contributed by atoms with van der Waals surface area (Å²) in [5, 5.41) is 6.47. The predicted molar refractivity (Wildman–Crippen MR) is 73.0 cm³/mol. The third kappa shape index (κ3) is 3.84. The summed E-state index contributed by atoms with van der Waals surface area (Å²) in [7, 11) is 0. The lowest BCUT2D eigenvalue weighted by atomic mass is 10.1. The highest BCUT2D eigenvalue weighted by Gasteiger charge is 2.13. The van der Waals surface area contributed by atoms with E-state index in [1.54, 1.807) is 0 Å². The van der Waals surface area contributed by atoms with Crippen molar-refractivity contribution in [3.63, 3.8) is 0 Å².